The van der Waals surface area contributed by atoms with Crippen LogP contribution >= 0.6 is 0 Å². The van der Waals surface area contributed by atoms with Gasteiger partial charge in [-0.05, 0) is 12.1 Å². The van der Waals surface area contributed by atoms with Crippen molar-refractivity contribution < 1.29 is 9.90 Å². The van der Waals surface area contributed by atoms with Gasteiger partial charge >= 0.3 is 5.97 Å². The number of nitrogens with one attached hydrogen (secondary N) is 1. The number of aromatic amines is 1. The van der Waals surface area contributed by atoms with E-state index in [0.717, 1.165) is 5.69 Å². The SMILES string of the molecule is CC(c1cnc[nH]1)[C@@H](C(=O)O)n1cccc1. The first-order chi connectivity index (χ1) is 7.70. The van der Waals surface area contributed by atoms with Crippen LogP contribution in [0.5, 0.6) is 0 Å². The van der Waals surface area contributed by atoms with E-state index in [1.165, 1.54) is 0 Å². The predicted molar refractivity (Wildman–Crippen MR) is 58.1 cm³/mol. The van der Waals surface area contributed by atoms with E-state index in [-0.39, 0.29) is 5.92 Å². The number of carboxylic acids is 1. The maximum atomic E-state index is 11.3. The summed E-state index contributed by atoms with van der Waals surface area (Å²) in [5, 5.41) is 9.26. The number of H-pyrrole nitrogens is 1. The second-order valence-corrected chi connectivity index (χ2v) is 3.71. The molecule has 2 heterocycles. The predicted octanol–water partition coefficient (Wildman–Crippen LogP) is 1.64. The summed E-state index contributed by atoms with van der Waals surface area (Å²) in [6.45, 7) is 1.87. The third-order valence-electron chi connectivity index (χ3n) is 2.69. The van der Waals surface area contributed by atoms with Crippen molar-refractivity contribution in [2.75, 3.05) is 0 Å². The van der Waals surface area contributed by atoms with Gasteiger partial charge in [0.2, 0.25) is 0 Å². The third kappa shape index (κ3) is 1.84. The molecule has 2 N–H and O–H groups in total. The van der Waals surface area contributed by atoms with E-state index in [1.54, 1.807) is 29.5 Å². The third-order valence-corrected chi connectivity index (χ3v) is 2.69. The zero-order valence-electron chi connectivity index (χ0n) is 8.87. The fourth-order valence-corrected chi connectivity index (χ4v) is 1.82. The molecular formula is C11H13N3O2. The number of imidazole rings is 1. The number of aliphatic carboxylic acids is 1. The smallest absolute Gasteiger partial charge is 0.327 e. The van der Waals surface area contributed by atoms with Gasteiger partial charge < -0.3 is 14.7 Å². The Balaban J connectivity index is 2.31. The maximum Gasteiger partial charge on any atom is 0.327 e. The minimum Gasteiger partial charge on any atom is -0.480 e. The average Bonchev–Trinajstić information content (AvgIpc) is 2.89. The van der Waals surface area contributed by atoms with E-state index >= 15 is 0 Å². The van der Waals surface area contributed by atoms with Crippen LogP contribution in [0, 0.1) is 0 Å². The first-order valence-corrected chi connectivity index (χ1v) is 5.03. The highest BCUT2D eigenvalue weighted by molar-refractivity contribution is 5.73. The Morgan fingerprint density at radius 3 is 2.69 bits per heavy atom. The molecule has 0 fully saturated rings. The molecule has 2 aromatic rings. The highest BCUT2D eigenvalue weighted by atomic mass is 16.4. The number of carbonyl (C=O) groups is 1. The molecule has 1 unspecified atom stereocenters. The van der Waals surface area contributed by atoms with Gasteiger partial charge in [0.25, 0.3) is 0 Å². The quantitative estimate of drug-likeness (QED) is 0.821. The molecule has 0 saturated carbocycles. The number of nitrogens with zero attached hydrogens (tertiary/aromatic N) is 2. The number of carboxylic acid groups (broad SMARTS) is 1. The zero-order chi connectivity index (χ0) is 11.5. The lowest BCUT2D eigenvalue weighted by Crippen LogP contribution is -2.23. The summed E-state index contributed by atoms with van der Waals surface area (Å²) in [7, 11) is 0. The normalized spacial score (nSPS) is 14.6. The van der Waals surface area contributed by atoms with Crippen LogP contribution in [-0.4, -0.2) is 25.6 Å². The second-order valence-electron chi connectivity index (χ2n) is 3.71. The fourth-order valence-electron chi connectivity index (χ4n) is 1.82. The molecule has 2 aromatic heterocycles. The van der Waals surface area contributed by atoms with Crippen molar-refractivity contribution in [2.45, 2.75) is 18.9 Å². The van der Waals surface area contributed by atoms with Gasteiger partial charge in [-0.2, -0.15) is 0 Å². The van der Waals surface area contributed by atoms with Crippen molar-refractivity contribution in [2.24, 2.45) is 0 Å². The summed E-state index contributed by atoms with van der Waals surface area (Å²) in [6.07, 6.45) is 6.72. The van der Waals surface area contributed by atoms with Crippen molar-refractivity contribution in [1.29, 1.82) is 0 Å². The van der Waals surface area contributed by atoms with Crippen molar-refractivity contribution in [3.05, 3.63) is 42.7 Å². The number of hydrogen-bond donors (Lipinski definition) is 2. The Labute approximate surface area is 92.8 Å². The number of rotatable bonds is 4. The second kappa shape index (κ2) is 4.22. The van der Waals surface area contributed by atoms with Gasteiger partial charge in [0.1, 0.15) is 6.04 Å². The Kier molecular flexibility index (Phi) is 2.76. The van der Waals surface area contributed by atoms with E-state index in [4.69, 9.17) is 0 Å². The molecule has 2 atom stereocenters. The molecule has 0 aromatic carbocycles. The largest absolute Gasteiger partial charge is 0.480 e. The summed E-state index contributed by atoms with van der Waals surface area (Å²) in [4.78, 5) is 18.1. The molecule has 16 heavy (non-hydrogen) atoms. The van der Waals surface area contributed by atoms with Gasteiger partial charge in [-0.15, -0.1) is 0 Å². The summed E-state index contributed by atoms with van der Waals surface area (Å²) >= 11 is 0. The molecule has 5 heteroatoms. The van der Waals surface area contributed by atoms with E-state index in [0.29, 0.717) is 0 Å². The zero-order valence-corrected chi connectivity index (χ0v) is 8.87. The summed E-state index contributed by atoms with van der Waals surface area (Å²) in [6, 6.07) is 3.01. The molecular weight excluding hydrogens is 206 g/mol. The van der Waals surface area contributed by atoms with Gasteiger partial charge in [-0.3, -0.25) is 0 Å². The standard InChI is InChI=1S/C11H13N3O2/c1-8(9-6-12-7-13-9)10(11(15)16)14-4-2-3-5-14/h2-8,10H,1H3,(H,12,13)(H,15,16)/t8?,10-/m0/s1. The number of aromatic nitrogens is 3. The molecule has 84 valence electrons. The molecule has 0 aliphatic heterocycles. The van der Waals surface area contributed by atoms with E-state index in [9.17, 15) is 9.90 Å². The molecule has 0 bridgehead atoms. The minimum absolute atomic E-state index is 0.160. The van der Waals surface area contributed by atoms with Crippen LogP contribution in [0.25, 0.3) is 0 Å². The summed E-state index contributed by atoms with van der Waals surface area (Å²) < 4.78 is 1.69. The molecule has 0 aliphatic carbocycles. The van der Waals surface area contributed by atoms with Crippen LogP contribution in [0.2, 0.25) is 0 Å². The highest BCUT2D eigenvalue weighted by Crippen LogP contribution is 2.27. The summed E-state index contributed by atoms with van der Waals surface area (Å²) in [5.41, 5.74) is 0.820. The Bertz CT molecular complexity index is 448. The van der Waals surface area contributed by atoms with E-state index < -0.39 is 12.0 Å². The van der Waals surface area contributed by atoms with Crippen LogP contribution in [0.15, 0.2) is 37.1 Å². The van der Waals surface area contributed by atoms with Gasteiger partial charge in [0.15, 0.2) is 0 Å². The lowest BCUT2D eigenvalue weighted by molar-refractivity contribution is -0.141. The highest BCUT2D eigenvalue weighted by Gasteiger charge is 2.27. The monoisotopic (exact) mass is 219 g/mol. The van der Waals surface area contributed by atoms with Crippen molar-refractivity contribution >= 4 is 5.97 Å². The lowest BCUT2D eigenvalue weighted by Gasteiger charge is -2.20. The Hall–Kier alpha value is -2.04. The first-order valence-electron chi connectivity index (χ1n) is 5.03. The minimum atomic E-state index is -0.849. The van der Waals surface area contributed by atoms with Gasteiger partial charge in [-0.1, -0.05) is 6.92 Å². The fraction of sp³-hybridized carbons (Fsp3) is 0.273. The molecule has 2 rings (SSSR count). The molecule has 0 radical (unpaired) electrons. The number of hydrogen-bond acceptors (Lipinski definition) is 2. The molecule has 0 saturated heterocycles. The molecule has 5 nitrogen and oxygen atoms in total. The van der Waals surface area contributed by atoms with Crippen molar-refractivity contribution in [3.63, 3.8) is 0 Å². The van der Waals surface area contributed by atoms with E-state index in [1.807, 2.05) is 19.1 Å². The Morgan fingerprint density at radius 2 is 2.19 bits per heavy atom. The molecule has 0 aliphatic rings. The Morgan fingerprint density at radius 1 is 1.50 bits per heavy atom. The van der Waals surface area contributed by atoms with Crippen LogP contribution in [0.4, 0.5) is 0 Å². The first kappa shape index (κ1) is 10.5. The topological polar surface area (TPSA) is 70.9 Å². The van der Waals surface area contributed by atoms with Crippen LogP contribution in [-0.2, 0) is 4.79 Å². The average molecular weight is 219 g/mol. The lowest BCUT2D eigenvalue weighted by atomic mass is 9.99. The van der Waals surface area contributed by atoms with Crippen molar-refractivity contribution in [1.82, 2.24) is 14.5 Å². The molecule has 0 amide bonds. The molecule has 0 spiro atoms. The van der Waals surface area contributed by atoms with Gasteiger partial charge in [0, 0.05) is 30.2 Å². The van der Waals surface area contributed by atoms with Crippen LogP contribution in [0.3, 0.4) is 0 Å². The van der Waals surface area contributed by atoms with Crippen LogP contribution < -0.4 is 0 Å². The van der Waals surface area contributed by atoms with Crippen LogP contribution in [0.1, 0.15) is 24.6 Å². The van der Waals surface area contributed by atoms with Gasteiger partial charge in [-0.25, -0.2) is 9.78 Å². The van der Waals surface area contributed by atoms with Gasteiger partial charge in [0.05, 0.1) is 6.33 Å². The maximum absolute atomic E-state index is 11.3. The van der Waals surface area contributed by atoms with E-state index in [2.05, 4.69) is 9.97 Å². The summed E-state index contributed by atoms with van der Waals surface area (Å²) in [5.74, 6) is -1.01. The van der Waals surface area contributed by atoms with Crippen molar-refractivity contribution in [3.8, 4) is 0 Å².